The number of benzene rings is 1. The summed E-state index contributed by atoms with van der Waals surface area (Å²) in [5.41, 5.74) is -0.731. The summed E-state index contributed by atoms with van der Waals surface area (Å²) in [7, 11) is 0. The van der Waals surface area contributed by atoms with Crippen molar-refractivity contribution in [1.82, 2.24) is 15.1 Å². The second kappa shape index (κ2) is 11.8. The van der Waals surface area contributed by atoms with Gasteiger partial charge >= 0.3 is 0 Å². The zero-order valence-corrected chi connectivity index (χ0v) is 26.2. The molecule has 4 fully saturated rings. The van der Waals surface area contributed by atoms with Crippen molar-refractivity contribution < 1.29 is 19.1 Å². The zero-order chi connectivity index (χ0) is 29.8. The quantitative estimate of drug-likeness (QED) is 0.425. The number of likely N-dealkylation sites (tertiary alicyclic amines) is 2. The summed E-state index contributed by atoms with van der Waals surface area (Å²) >= 11 is 12.3. The maximum Gasteiger partial charge on any atom is 0.246 e. The van der Waals surface area contributed by atoms with Crippen LogP contribution >= 0.6 is 23.2 Å². The molecule has 2 bridgehead atoms. The summed E-state index contributed by atoms with van der Waals surface area (Å²) in [6.07, 6.45) is 9.75. The van der Waals surface area contributed by atoms with Crippen molar-refractivity contribution in [1.29, 1.82) is 0 Å². The Morgan fingerprint density at radius 1 is 1.00 bits per heavy atom. The van der Waals surface area contributed by atoms with Gasteiger partial charge in [0.2, 0.25) is 17.7 Å². The van der Waals surface area contributed by atoms with Gasteiger partial charge < -0.3 is 20.3 Å². The Morgan fingerprint density at radius 3 is 2.50 bits per heavy atom. The lowest BCUT2D eigenvalue weighted by atomic mass is 9.73. The number of nitrogens with zero attached hydrogens (tertiary/aromatic N) is 2. The highest BCUT2D eigenvalue weighted by atomic mass is 35.5. The minimum absolute atomic E-state index is 0.0463. The van der Waals surface area contributed by atoms with Crippen LogP contribution in [-0.4, -0.2) is 77.0 Å². The van der Waals surface area contributed by atoms with E-state index in [0.29, 0.717) is 46.7 Å². The third-order valence-electron chi connectivity index (χ3n) is 10.7. The van der Waals surface area contributed by atoms with Gasteiger partial charge in [-0.05, 0) is 62.8 Å². The predicted octanol–water partition coefficient (Wildman–Crippen LogP) is 4.90. The van der Waals surface area contributed by atoms with Crippen molar-refractivity contribution in [2.45, 2.75) is 89.1 Å². The van der Waals surface area contributed by atoms with E-state index in [4.69, 9.17) is 27.9 Å². The Kier molecular flexibility index (Phi) is 8.37. The molecule has 8 nitrogen and oxygen atoms in total. The summed E-state index contributed by atoms with van der Waals surface area (Å²) in [5, 5.41) is 7.04. The second-order valence-corrected chi connectivity index (χ2v) is 14.0. The lowest BCUT2D eigenvalue weighted by molar-refractivity contribution is -0.142. The zero-order valence-electron chi connectivity index (χ0n) is 24.7. The minimum Gasteiger partial charge on any atom is -0.359 e. The first kappa shape index (κ1) is 29.9. The molecule has 4 heterocycles. The fraction of sp³-hybridized carbons (Fsp3) is 0.656. The molecule has 3 amide bonds. The molecule has 0 radical (unpaired) electrons. The van der Waals surface area contributed by atoms with Crippen molar-refractivity contribution in [2.24, 2.45) is 23.7 Å². The van der Waals surface area contributed by atoms with Gasteiger partial charge in [-0.15, -0.1) is 0 Å². The van der Waals surface area contributed by atoms with Crippen LogP contribution in [0.25, 0.3) is 0 Å². The average Bonchev–Trinajstić information content (AvgIpc) is 3.57. The molecular weight excluding hydrogens is 575 g/mol. The van der Waals surface area contributed by atoms with Crippen molar-refractivity contribution in [3.63, 3.8) is 0 Å². The van der Waals surface area contributed by atoms with Gasteiger partial charge in [0.05, 0.1) is 17.9 Å². The van der Waals surface area contributed by atoms with E-state index in [1.54, 1.807) is 23.1 Å². The molecule has 5 aliphatic rings. The fourth-order valence-corrected chi connectivity index (χ4v) is 8.66. The number of amides is 3. The highest BCUT2D eigenvalue weighted by Gasteiger charge is 2.72. The number of anilines is 1. The molecule has 1 saturated carbocycles. The Morgan fingerprint density at radius 2 is 1.76 bits per heavy atom. The van der Waals surface area contributed by atoms with Crippen LogP contribution in [0.1, 0.15) is 59.3 Å². The van der Waals surface area contributed by atoms with Crippen molar-refractivity contribution in [3.05, 3.63) is 40.4 Å². The Hall–Kier alpha value is -2.13. The van der Waals surface area contributed by atoms with Gasteiger partial charge in [-0.3, -0.25) is 19.3 Å². The molecule has 1 aromatic rings. The van der Waals surface area contributed by atoms with Crippen LogP contribution < -0.4 is 10.6 Å². The van der Waals surface area contributed by atoms with Crippen molar-refractivity contribution >= 4 is 46.6 Å². The number of hydrogen-bond donors (Lipinski definition) is 2. The number of hydrogen-bond acceptors (Lipinski definition) is 5. The molecule has 1 aliphatic carbocycles. The summed E-state index contributed by atoms with van der Waals surface area (Å²) in [6.45, 7) is 8.74. The Bertz CT molecular complexity index is 1250. The van der Waals surface area contributed by atoms with E-state index in [1.807, 2.05) is 12.2 Å². The van der Waals surface area contributed by atoms with Crippen LogP contribution in [0, 0.1) is 23.7 Å². The summed E-state index contributed by atoms with van der Waals surface area (Å²) < 4.78 is 6.53. The standard InChI is InChI=1S/C32H42Cl2N4O4/c1-18-7-6-9-24(20(18)3)36-30(40)28-32-11-10-25(42-32)26(29(39)35-23-16-21(33)15-22(34)17-23)27(32)31(41)38(28)14-13-37-12-5-4-8-19(37)2/h10-11,15-20,24-28H,4-9,12-14H2,1-3H3,(H,35,39)(H,36,40)/t18-,19+,20+,24+,25+,26-,27+,28+,32+/m1/s1. The lowest BCUT2D eigenvalue weighted by Gasteiger charge is -2.39. The first-order valence-corrected chi connectivity index (χ1v) is 16.3. The molecule has 1 spiro atoms. The van der Waals surface area contributed by atoms with Gasteiger partial charge in [0, 0.05) is 40.9 Å². The first-order chi connectivity index (χ1) is 20.1. The third-order valence-corrected chi connectivity index (χ3v) is 11.1. The number of nitrogens with one attached hydrogen (secondary N) is 2. The van der Waals surface area contributed by atoms with Crippen LogP contribution in [0.15, 0.2) is 30.4 Å². The number of rotatable bonds is 7. The number of halogens is 2. The fourth-order valence-electron chi connectivity index (χ4n) is 8.13. The van der Waals surface area contributed by atoms with Gasteiger partial charge in [-0.25, -0.2) is 0 Å². The molecule has 4 aliphatic heterocycles. The molecule has 228 valence electrons. The number of carbonyl (C=O) groups is 3. The van der Waals surface area contributed by atoms with E-state index in [-0.39, 0.29) is 23.8 Å². The SMILES string of the molecule is C[C@H]1[C@H](C)CCC[C@@H]1NC(=O)[C@@H]1N(CCN2CCCC[C@@H]2C)C(=O)[C@@H]2[C@H](C(=O)Nc3cc(Cl)cc(Cl)c3)[C@@H]3C=C[C@]21O3. The third kappa shape index (κ3) is 5.27. The highest BCUT2D eigenvalue weighted by molar-refractivity contribution is 6.35. The minimum atomic E-state index is -1.18. The molecule has 10 heteroatoms. The van der Waals surface area contributed by atoms with Crippen molar-refractivity contribution in [2.75, 3.05) is 25.0 Å². The molecular formula is C32H42Cl2N4O4. The molecule has 0 unspecified atom stereocenters. The van der Waals surface area contributed by atoms with E-state index in [2.05, 4.69) is 36.3 Å². The summed E-state index contributed by atoms with van der Waals surface area (Å²) in [6, 6.07) is 4.48. The number of ether oxygens (including phenoxy) is 1. The molecule has 2 N–H and O–H groups in total. The first-order valence-electron chi connectivity index (χ1n) is 15.6. The highest BCUT2D eigenvalue weighted by Crippen LogP contribution is 2.55. The van der Waals surface area contributed by atoms with E-state index in [1.165, 1.54) is 6.42 Å². The molecule has 3 saturated heterocycles. The van der Waals surface area contributed by atoms with Gasteiger partial charge in [-0.2, -0.15) is 0 Å². The monoisotopic (exact) mass is 616 g/mol. The van der Waals surface area contributed by atoms with Gasteiger partial charge in [0.1, 0.15) is 11.6 Å². The number of piperidine rings is 1. The Balaban J connectivity index is 1.28. The molecule has 1 aromatic carbocycles. The molecule has 9 atom stereocenters. The molecule has 6 rings (SSSR count). The van der Waals surface area contributed by atoms with E-state index in [0.717, 1.165) is 38.6 Å². The van der Waals surface area contributed by atoms with Crippen LogP contribution in [0.3, 0.4) is 0 Å². The van der Waals surface area contributed by atoms with Crippen LogP contribution in [0.2, 0.25) is 10.0 Å². The topological polar surface area (TPSA) is 91.0 Å². The van der Waals surface area contributed by atoms with Crippen LogP contribution in [-0.2, 0) is 19.1 Å². The lowest BCUT2D eigenvalue weighted by Crippen LogP contribution is -2.58. The number of fused-ring (bicyclic) bond motifs is 1. The van der Waals surface area contributed by atoms with E-state index in [9.17, 15) is 14.4 Å². The second-order valence-electron chi connectivity index (χ2n) is 13.1. The van der Waals surface area contributed by atoms with Gasteiger partial charge in [0.15, 0.2) is 0 Å². The maximum atomic E-state index is 14.3. The Labute approximate surface area is 258 Å². The largest absolute Gasteiger partial charge is 0.359 e. The summed E-state index contributed by atoms with van der Waals surface area (Å²) in [5.74, 6) is -1.43. The van der Waals surface area contributed by atoms with Crippen LogP contribution in [0.4, 0.5) is 5.69 Å². The summed E-state index contributed by atoms with van der Waals surface area (Å²) in [4.78, 5) is 46.4. The number of carbonyl (C=O) groups excluding carboxylic acids is 3. The van der Waals surface area contributed by atoms with E-state index < -0.39 is 29.6 Å². The predicted molar refractivity (Wildman–Crippen MR) is 163 cm³/mol. The molecule has 42 heavy (non-hydrogen) atoms. The van der Waals surface area contributed by atoms with E-state index >= 15 is 0 Å². The molecule has 0 aromatic heterocycles. The van der Waals surface area contributed by atoms with Crippen molar-refractivity contribution in [3.8, 4) is 0 Å². The normalized spacial score (nSPS) is 37.6. The maximum absolute atomic E-state index is 14.3. The average molecular weight is 618 g/mol. The van der Waals surface area contributed by atoms with Gasteiger partial charge in [0.25, 0.3) is 0 Å². The smallest absolute Gasteiger partial charge is 0.246 e. The van der Waals surface area contributed by atoms with Crippen LogP contribution in [0.5, 0.6) is 0 Å². The van der Waals surface area contributed by atoms with Gasteiger partial charge in [-0.1, -0.05) is 68.5 Å².